The highest BCUT2D eigenvalue weighted by molar-refractivity contribution is 6.36. The number of aromatic nitrogens is 5. The number of piperidine rings is 1. The first-order valence-electron chi connectivity index (χ1n) is 10.0. The van der Waals surface area contributed by atoms with Crippen molar-refractivity contribution in [1.82, 2.24) is 24.8 Å². The van der Waals surface area contributed by atoms with Crippen LogP contribution in [0, 0.1) is 0 Å². The maximum Gasteiger partial charge on any atom is 0.182 e. The number of H-pyrrole nitrogens is 1. The summed E-state index contributed by atoms with van der Waals surface area (Å²) in [5.41, 5.74) is 2.59. The number of nitrogens with one attached hydrogen (secondary N) is 1. The van der Waals surface area contributed by atoms with E-state index in [0.29, 0.717) is 24.1 Å². The third-order valence-electron chi connectivity index (χ3n) is 6.02. The number of aromatic amines is 1. The van der Waals surface area contributed by atoms with Gasteiger partial charge in [-0.05, 0) is 13.0 Å². The van der Waals surface area contributed by atoms with E-state index in [0.717, 1.165) is 48.8 Å². The van der Waals surface area contributed by atoms with Crippen molar-refractivity contribution in [3.8, 4) is 11.5 Å². The van der Waals surface area contributed by atoms with Crippen molar-refractivity contribution in [3.63, 3.8) is 0 Å². The molecule has 7 heterocycles. The summed E-state index contributed by atoms with van der Waals surface area (Å²) in [6.45, 7) is 5.88. The second-order valence-electron chi connectivity index (χ2n) is 7.96. The minimum absolute atomic E-state index is 0.210. The van der Waals surface area contributed by atoms with Crippen LogP contribution in [0.5, 0.6) is 0 Å². The van der Waals surface area contributed by atoms with Gasteiger partial charge in [-0.25, -0.2) is 9.50 Å². The molecule has 7 rings (SSSR count). The van der Waals surface area contributed by atoms with E-state index < -0.39 is 0 Å². The first kappa shape index (κ1) is 17.5. The van der Waals surface area contributed by atoms with Crippen LogP contribution in [-0.4, -0.2) is 75.9 Å². The van der Waals surface area contributed by atoms with Gasteiger partial charge in [-0.3, -0.25) is 5.10 Å². The Kier molecular flexibility index (Phi) is 3.97. The molecule has 4 aliphatic heterocycles. The first-order chi connectivity index (χ1) is 14.2. The molecule has 3 aromatic rings. The van der Waals surface area contributed by atoms with Crippen LogP contribution >= 0.6 is 11.6 Å². The topological polar surface area (TPSA) is 83.8 Å². The summed E-state index contributed by atoms with van der Waals surface area (Å²) in [6, 6.07) is 2.10. The lowest BCUT2D eigenvalue weighted by atomic mass is 9.99. The number of morpholine rings is 2. The van der Waals surface area contributed by atoms with Gasteiger partial charge in [0.1, 0.15) is 16.2 Å². The minimum atomic E-state index is 0.210. The van der Waals surface area contributed by atoms with Crippen LogP contribution in [0.25, 0.3) is 17.0 Å². The van der Waals surface area contributed by atoms with Crippen molar-refractivity contribution >= 4 is 28.6 Å². The van der Waals surface area contributed by atoms with E-state index in [1.807, 2.05) is 16.8 Å². The van der Waals surface area contributed by atoms with E-state index in [9.17, 15) is 0 Å². The SMILES string of the molecule is CC1COCCN1c1c(Cl)c(N2CC3CC(C2)O3)nn2c(-c3cc[nH]n3)ncc12. The van der Waals surface area contributed by atoms with Crippen molar-refractivity contribution in [2.45, 2.75) is 31.6 Å². The van der Waals surface area contributed by atoms with Crippen LogP contribution in [0.15, 0.2) is 18.5 Å². The first-order valence-corrected chi connectivity index (χ1v) is 10.4. The number of halogens is 1. The van der Waals surface area contributed by atoms with Gasteiger partial charge in [0, 0.05) is 38.3 Å². The summed E-state index contributed by atoms with van der Waals surface area (Å²) in [5.74, 6) is 1.47. The zero-order chi connectivity index (χ0) is 19.5. The molecule has 3 unspecified atom stereocenters. The Morgan fingerprint density at radius 3 is 2.83 bits per heavy atom. The molecule has 0 aromatic carbocycles. The molecule has 29 heavy (non-hydrogen) atoms. The van der Waals surface area contributed by atoms with E-state index >= 15 is 0 Å². The van der Waals surface area contributed by atoms with E-state index in [1.54, 1.807) is 6.20 Å². The molecule has 0 saturated carbocycles. The second kappa shape index (κ2) is 6.58. The van der Waals surface area contributed by atoms with Gasteiger partial charge in [-0.1, -0.05) is 11.6 Å². The predicted octanol–water partition coefficient (Wildman–Crippen LogP) is 1.98. The lowest BCUT2D eigenvalue weighted by Crippen LogP contribution is -2.57. The van der Waals surface area contributed by atoms with Crippen LogP contribution in [-0.2, 0) is 9.47 Å². The van der Waals surface area contributed by atoms with E-state index in [1.165, 1.54) is 0 Å². The monoisotopic (exact) mass is 415 g/mol. The summed E-state index contributed by atoms with van der Waals surface area (Å²) in [5, 5.41) is 12.8. The summed E-state index contributed by atoms with van der Waals surface area (Å²) in [6.07, 6.45) is 5.27. The Balaban J connectivity index is 1.55. The number of rotatable bonds is 3. The van der Waals surface area contributed by atoms with Gasteiger partial charge in [0.25, 0.3) is 0 Å². The molecule has 3 aromatic heterocycles. The van der Waals surface area contributed by atoms with Crippen molar-refractivity contribution in [2.75, 3.05) is 42.6 Å². The highest BCUT2D eigenvalue weighted by Crippen LogP contribution is 2.41. The Morgan fingerprint density at radius 2 is 2.10 bits per heavy atom. The van der Waals surface area contributed by atoms with Gasteiger partial charge in [0.15, 0.2) is 11.6 Å². The molecular formula is C19H22ClN7O2. The number of anilines is 2. The molecular weight excluding hydrogens is 394 g/mol. The average molecular weight is 416 g/mol. The smallest absolute Gasteiger partial charge is 0.182 e. The van der Waals surface area contributed by atoms with Crippen molar-refractivity contribution < 1.29 is 9.47 Å². The number of hydrogen-bond donors (Lipinski definition) is 1. The van der Waals surface area contributed by atoms with Gasteiger partial charge < -0.3 is 19.3 Å². The number of fused-ring (bicyclic) bond motifs is 3. The molecule has 152 valence electrons. The zero-order valence-electron chi connectivity index (χ0n) is 16.1. The summed E-state index contributed by atoms with van der Waals surface area (Å²) >= 11 is 7.03. The Labute approximate surface area is 172 Å². The predicted molar refractivity (Wildman–Crippen MR) is 109 cm³/mol. The lowest BCUT2D eigenvalue weighted by Gasteiger charge is -2.47. The minimum Gasteiger partial charge on any atom is -0.377 e. The quantitative estimate of drug-likeness (QED) is 0.700. The molecule has 0 radical (unpaired) electrons. The van der Waals surface area contributed by atoms with Crippen molar-refractivity contribution in [2.24, 2.45) is 0 Å². The lowest BCUT2D eigenvalue weighted by molar-refractivity contribution is -0.133. The summed E-state index contributed by atoms with van der Waals surface area (Å²) in [7, 11) is 0. The van der Waals surface area contributed by atoms with Gasteiger partial charge >= 0.3 is 0 Å². The van der Waals surface area contributed by atoms with Crippen LogP contribution in [0.3, 0.4) is 0 Å². The van der Waals surface area contributed by atoms with Crippen LogP contribution in [0.4, 0.5) is 11.5 Å². The van der Waals surface area contributed by atoms with Crippen molar-refractivity contribution in [3.05, 3.63) is 23.5 Å². The molecule has 9 nitrogen and oxygen atoms in total. The van der Waals surface area contributed by atoms with E-state index in [-0.39, 0.29) is 18.2 Å². The molecule has 0 aliphatic carbocycles. The molecule has 4 saturated heterocycles. The zero-order valence-corrected chi connectivity index (χ0v) is 16.8. The molecule has 4 fully saturated rings. The van der Waals surface area contributed by atoms with Gasteiger partial charge in [0.2, 0.25) is 0 Å². The largest absolute Gasteiger partial charge is 0.377 e. The third-order valence-corrected chi connectivity index (χ3v) is 6.37. The maximum atomic E-state index is 7.03. The normalized spacial score (nSPS) is 26.8. The standard InChI is InChI=1S/C19H22ClN7O2/c1-11-10-28-5-4-26(11)17-15-7-21-18(14-2-3-22-23-14)27(15)24-19(16(17)20)25-8-12-6-13(9-25)29-12/h2-3,7,11-13H,4-6,8-10H2,1H3,(H,22,23). The number of hydrogen-bond acceptors (Lipinski definition) is 7. The molecule has 1 N–H and O–H groups in total. The fraction of sp³-hybridized carbons (Fsp3) is 0.526. The third kappa shape index (κ3) is 2.72. The number of ether oxygens (including phenoxy) is 2. The maximum absolute atomic E-state index is 7.03. The highest BCUT2D eigenvalue weighted by Gasteiger charge is 2.40. The van der Waals surface area contributed by atoms with Gasteiger partial charge in [0.05, 0.1) is 37.3 Å². The fourth-order valence-corrected chi connectivity index (χ4v) is 4.95. The fourth-order valence-electron chi connectivity index (χ4n) is 4.59. The Hall–Kier alpha value is -2.36. The molecule has 0 amide bonds. The molecule has 0 spiro atoms. The van der Waals surface area contributed by atoms with E-state index in [4.69, 9.17) is 26.2 Å². The van der Waals surface area contributed by atoms with Crippen LogP contribution < -0.4 is 9.80 Å². The van der Waals surface area contributed by atoms with Crippen LogP contribution in [0.2, 0.25) is 5.02 Å². The number of nitrogens with zero attached hydrogens (tertiary/aromatic N) is 6. The van der Waals surface area contributed by atoms with E-state index in [2.05, 4.69) is 31.9 Å². The highest BCUT2D eigenvalue weighted by atomic mass is 35.5. The second-order valence-corrected chi connectivity index (χ2v) is 8.34. The Bertz CT molecular complexity index is 1040. The average Bonchev–Trinajstić information content (AvgIpc) is 3.37. The van der Waals surface area contributed by atoms with Crippen molar-refractivity contribution in [1.29, 1.82) is 0 Å². The summed E-state index contributed by atoms with van der Waals surface area (Å²) in [4.78, 5) is 9.18. The summed E-state index contributed by atoms with van der Waals surface area (Å²) < 4.78 is 13.3. The number of imidazole rings is 1. The molecule has 10 heteroatoms. The molecule has 4 aliphatic rings. The van der Waals surface area contributed by atoms with Crippen LogP contribution in [0.1, 0.15) is 13.3 Å². The van der Waals surface area contributed by atoms with Gasteiger partial charge in [-0.15, -0.1) is 5.10 Å². The Morgan fingerprint density at radius 1 is 1.28 bits per heavy atom. The van der Waals surface area contributed by atoms with Gasteiger partial charge in [-0.2, -0.15) is 5.10 Å². The molecule has 2 bridgehead atoms. The molecule has 3 atom stereocenters.